The Kier molecular flexibility index (Phi) is 6.68. The van der Waals surface area contributed by atoms with E-state index in [1.54, 1.807) is 47.2 Å². The van der Waals surface area contributed by atoms with Gasteiger partial charge in [0, 0.05) is 17.5 Å². The summed E-state index contributed by atoms with van der Waals surface area (Å²) in [7, 11) is 0. The fraction of sp³-hybridized carbons (Fsp3) is 0.0833. The SMILES string of the molecule is O=C(CSc1nnc(-c2ccco2)n1-c1ccc(F)cc1)Nc1ncc(Cc2ccc(F)cc2)s1. The van der Waals surface area contributed by atoms with Crippen molar-refractivity contribution in [2.24, 2.45) is 0 Å². The molecule has 0 bridgehead atoms. The van der Waals surface area contributed by atoms with Crippen LogP contribution in [-0.2, 0) is 11.2 Å². The Labute approximate surface area is 206 Å². The zero-order chi connectivity index (χ0) is 24.2. The highest BCUT2D eigenvalue weighted by molar-refractivity contribution is 7.99. The largest absolute Gasteiger partial charge is 0.461 e. The van der Waals surface area contributed by atoms with Gasteiger partial charge in [0.15, 0.2) is 16.0 Å². The summed E-state index contributed by atoms with van der Waals surface area (Å²) < 4.78 is 33.7. The van der Waals surface area contributed by atoms with E-state index in [1.165, 1.54) is 53.6 Å². The van der Waals surface area contributed by atoms with E-state index >= 15 is 0 Å². The number of benzene rings is 2. The molecule has 0 radical (unpaired) electrons. The van der Waals surface area contributed by atoms with Gasteiger partial charge in [-0.1, -0.05) is 23.9 Å². The van der Waals surface area contributed by atoms with E-state index in [0.29, 0.717) is 34.0 Å². The standard InChI is InChI=1S/C24H17F2N5O2S2/c25-16-5-3-15(4-6-16)12-19-13-27-23(35-19)28-21(32)14-34-24-30-29-22(20-2-1-11-33-20)31(24)18-9-7-17(26)8-10-18/h1-11,13H,12,14H2,(H,27,28,32). The van der Waals surface area contributed by atoms with Crippen LogP contribution in [0.5, 0.6) is 0 Å². The molecule has 2 aromatic carbocycles. The van der Waals surface area contributed by atoms with E-state index in [0.717, 1.165) is 10.4 Å². The molecular weight excluding hydrogens is 492 g/mol. The third kappa shape index (κ3) is 5.47. The predicted octanol–water partition coefficient (Wildman–Crippen LogP) is 5.58. The molecule has 5 aromatic rings. The van der Waals surface area contributed by atoms with E-state index < -0.39 is 0 Å². The van der Waals surface area contributed by atoms with Gasteiger partial charge in [-0.3, -0.25) is 9.36 Å². The predicted molar refractivity (Wildman–Crippen MR) is 130 cm³/mol. The van der Waals surface area contributed by atoms with Gasteiger partial charge in [0.1, 0.15) is 11.6 Å². The fourth-order valence-electron chi connectivity index (χ4n) is 3.29. The van der Waals surface area contributed by atoms with Crippen molar-refractivity contribution in [2.75, 3.05) is 11.1 Å². The topological polar surface area (TPSA) is 85.8 Å². The molecule has 35 heavy (non-hydrogen) atoms. The summed E-state index contributed by atoms with van der Waals surface area (Å²) in [5, 5.41) is 12.1. The Morgan fingerprint density at radius 1 is 1.03 bits per heavy atom. The monoisotopic (exact) mass is 509 g/mol. The first-order chi connectivity index (χ1) is 17.0. The van der Waals surface area contributed by atoms with E-state index in [-0.39, 0.29) is 23.3 Å². The number of nitrogens with zero attached hydrogens (tertiary/aromatic N) is 4. The lowest BCUT2D eigenvalue weighted by Crippen LogP contribution is -2.14. The van der Waals surface area contributed by atoms with Crippen molar-refractivity contribution in [1.82, 2.24) is 19.7 Å². The van der Waals surface area contributed by atoms with Gasteiger partial charge in [-0.05, 0) is 54.1 Å². The second-order valence-corrected chi connectivity index (χ2v) is 9.42. The molecule has 0 unspecified atom stereocenters. The van der Waals surface area contributed by atoms with Crippen molar-refractivity contribution < 1.29 is 18.0 Å². The number of thioether (sulfide) groups is 1. The molecule has 3 aromatic heterocycles. The molecule has 176 valence electrons. The molecule has 0 aliphatic carbocycles. The minimum atomic E-state index is -0.364. The van der Waals surface area contributed by atoms with Gasteiger partial charge >= 0.3 is 0 Å². The average molecular weight is 510 g/mol. The first-order valence-corrected chi connectivity index (χ1v) is 12.2. The number of anilines is 1. The number of furan rings is 1. The minimum absolute atomic E-state index is 0.0599. The van der Waals surface area contributed by atoms with Crippen LogP contribution < -0.4 is 5.32 Å². The minimum Gasteiger partial charge on any atom is -0.461 e. The molecule has 0 spiro atoms. The lowest BCUT2D eigenvalue weighted by Gasteiger charge is -2.09. The van der Waals surface area contributed by atoms with Crippen LogP contribution in [0.3, 0.4) is 0 Å². The average Bonchev–Trinajstić information content (AvgIpc) is 3.61. The Morgan fingerprint density at radius 2 is 1.77 bits per heavy atom. The number of aromatic nitrogens is 4. The maximum absolute atomic E-state index is 13.5. The highest BCUT2D eigenvalue weighted by Gasteiger charge is 2.19. The maximum atomic E-state index is 13.5. The second-order valence-electron chi connectivity index (χ2n) is 7.37. The van der Waals surface area contributed by atoms with Crippen LogP contribution >= 0.6 is 23.1 Å². The number of nitrogens with one attached hydrogen (secondary N) is 1. The van der Waals surface area contributed by atoms with Gasteiger partial charge in [-0.25, -0.2) is 13.8 Å². The molecule has 0 aliphatic heterocycles. The third-order valence-electron chi connectivity index (χ3n) is 4.88. The highest BCUT2D eigenvalue weighted by atomic mass is 32.2. The van der Waals surface area contributed by atoms with Crippen molar-refractivity contribution in [1.29, 1.82) is 0 Å². The summed E-state index contributed by atoms with van der Waals surface area (Å²) in [6.07, 6.45) is 3.81. The van der Waals surface area contributed by atoms with Crippen LogP contribution in [0.1, 0.15) is 10.4 Å². The molecule has 3 heterocycles. The molecule has 0 atom stereocenters. The summed E-state index contributed by atoms with van der Waals surface area (Å²) >= 11 is 2.54. The Morgan fingerprint density at radius 3 is 2.49 bits per heavy atom. The number of thiazole rings is 1. The zero-order valence-corrected chi connectivity index (χ0v) is 19.7. The summed E-state index contributed by atoms with van der Waals surface area (Å²) in [5.41, 5.74) is 1.59. The van der Waals surface area contributed by atoms with Gasteiger partial charge in [-0.15, -0.1) is 21.5 Å². The van der Waals surface area contributed by atoms with Crippen molar-refractivity contribution in [2.45, 2.75) is 11.6 Å². The van der Waals surface area contributed by atoms with E-state index in [2.05, 4.69) is 20.5 Å². The summed E-state index contributed by atoms with van der Waals surface area (Å²) in [4.78, 5) is 17.8. The van der Waals surface area contributed by atoms with E-state index in [1.807, 2.05) is 0 Å². The van der Waals surface area contributed by atoms with E-state index in [4.69, 9.17) is 4.42 Å². The molecule has 0 saturated heterocycles. The first-order valence-electron chi connectivity index (χ1n) is 10.4. The van der Waals surface area contributed by atoms with Crippen LogP contribution in [0.15, 0.2) is 82.7 Å². The zero-order valence-electron chi connectivity index (χ0n) is 18.0. The Hall–Kier alpha value is -3.83. The van der Waals surface area contributed by atoms with Gasteiger partial charge in [-0.2, -0.15) is 0 Å². The first kappa shape index (κ1) is 22.9. The van der Waals surface area contributed by atoms with Crippen molar-refractivity contribution in [3.05, 3.63) is 95.2 Å². The second kappa shape index (κ2) is 10.2. The molecule has 5 rings (SSSR count). The van der Waals surface area contributed by atoms with Crippen LogP contribution in [-0.4, -0.2) is 31.4 Å². The van der Waals surface area contributed by atoms with Crippen LogP contribution in [0.25, 0.3) is 17.3 Å². The van der Waals surface area contributed by atoms with Gasteiger partial charge in [0.2, 0.25) is 11.7 Å². The van der Waals surface area contributed by atoms with Gasteiger partial charge in [0.25, 0.3) is 0 Å². The lowest BCUT2D eigenvalue weighted by molar-refractivity contribution is -0.113. The van der Waals surface area contributed by atoms with Crippen molar-refractivity contribution in [3.63, 3.8) is 0 Å². The van der Waals surface area contributed by atoms with Crippen molar-refractivity contribution in [3.8, 4) is 17.3 Å². The molecule has 0 fully saturated rings. The van der Waals surface area contributed by atoms with Gasteiger partial charge in [0.05, 0.1) is 17.7 Å². The highest BCUT2D eigenvalue weighted by Crippen LogP contribution is 2.29. The fourth-order valence-corrected chi connectivity index (χ4v) is 4.90. The molecule has 1 amide bonds. The molecule has 0 aliphatic rings. The van der Waals surface area contributed by atoms with Crippen molar-refractivity contribution >= 4 is 34.1 Å². The number of carbonyl (C=O) groups is 1. The number of carbonyl (C=O) groups excluding carboxylic acids is 1. The van der Waals surface area contributed by atoms with Crippen LogP contribution in [0.2, 0.25) is 0 Å². The third-order valence-corrected chi connectivity index (χ3v) is 6.73. The van der Waals surface area contributed by atoms with E-state index in [9.17, 15) is 13.6 Å². The lowest BCUT2D eigenvalue weighted by atomic mass is 10.1. The molecule has 11 heteroatoms. The Balaban J connectivity index is 1.27. The summed E-state index contributed by atoms with van der Waals surface area (Å²) in [5.74, 6) is 0.0901. The maximum Gasteiger partial charge on any atom is 0.236 e. The number of halogens is 2. The molecule has 0 saturated carbocycles. The number of hydrogen-bond donors (Lipinski definition) is 1. The van der Waals surface area contributed by atoms with Gasteiger partial charge < -0.3 is 9.73 Å². The van der Waals surface area contributed by atoms with Crippen LogP contribution in [0.4, 0.5) is 13.9 Å². The number of hydrogen-bond acceptors (Lipinski definition) is 7. The Bertz CT molecular complexity index is 1430. The molecule has 7 nitrogen and oxygen atoms in total. The van der Waals surface area contributed by atoms with Crippen LogP contribution in [0, 0.1) is 11.6 Å². The quantitative estimate of drug-likeness (QED) is 0.275. The smallest absolute Gasteiger partial charge is 0.236 e. The molecular formula is C24H17F2N5O2S2. The normalized spacial score (nSPS) is 11.0. The summed E-state index contributed by atoms with van der Waals surface area (Å²) in [6.45, 7) is 0. The number of rotatable bonds is 8. The molecule has 1 N–H and O–H groups in total. The summed E-state index contributed by atoms with van der Waals surface area (Å²) in [6, 6.07) is 15.6. The number of amides is 1.